The molecule has 1 aliphatic rings. The highest BCUT2D eigenvalue weighted by Gasteiger charge is 2.30. The van der Waals surface area contributed by atoms with E-state index in [1.54, 1.807) is 0 Å². The van der Waals surface area contributed by atoms with E-state index < -0.39 is 23.5 Å². The van der Waals surface area contributed by atoms with E-state index in [9.17, 15) is 18.4 Å². The van der Waals surface area contributed by atoms with Gasteiger partial charge in [-0.25, -0.2) is 8.78 Å². The number of carboxylic acids is 1. The van der Waals surface area contributed by atoms with Crippen LogP contribution < -0.4 is 0 Å². The fourth-order valence-corrected chi connectivity index (χ4v) is 2.12. The van der Waals surface area contributed by atoms with Crippen molar-refractivity contribution in [2.45, 2.75) is 12.8 Å². The van der Waals surface area contributed by atoms with Gasteiger partial charge >= 0.3 is 5.97 Å². The fraction of sp³-hybridized carbons (Fsp3) is 0.385. The number of hydrogen-bond donors (Lipinski definition) is 1. The minimum atomic E-state index is -0.991. The van der Waals surface area contributed by atoms with Gasteiger partial charge in [-0.3, -0.25) is 9.59 Å². The zero-order valence-corrected chi connectivity index (χ0v) is 10.1. The second-order valence-corrected chi connectivity index (χ2v) is 4.59. The van der Waals surface area contributed by atoms with E-state index in [-0.39, 0.29) is 18.9 Å². The molecule has 0 aromatic heterocycles. The Hall–Kier alpha value is -1.98. The van der Waals surface area contributed by atoms with E-state index in [0.717, 1.165) is 12.1 Å². The molecule has 1 unspecified atom stereocenters. The summed E-state index contributed by atoms with van der Waals surface area (Å²) >= 11 is 0. The predicted molar refractivity (Wildman–Crippen MR) is 62.4 cm³/mol. The average Bonchev–Trinajstić information content (AvgIpc) is 2.83. The molecule has 6 heteroatoms. The number of carboxylic acid groups (broad SMARTS) is 1. The molecule has 4 nitrogen and oxygen atoms in total. The van der Waals surface area contributed by atoms with Crippen LogP contribution in [-0.2, 0) is 16.0 Å². The number of hydrogen-bond acceptors (Lipinski definition) is 2. The second-order valence-electron chi connectivity index (χ2n) is 4.59. The number of carbonyl (C=O) groups excluding carboxylic acids is 1. The third-order valence-electron chi connectivity index (χ3n) is 3.23. The number of likely N-dealkylation sites (tertiary alicyclic amines) is 1. The molecule has 1 heterocycles. The first kappa shape index (κ1) is 13.5. The molecule has 0 bridgehead atoms. The van der Waals surface area contributed by atoms with Crippen LogP contribution in [0.15, 0.2) is 18.2 Å². The summed E-state index contributed by atoms with van der Waals surface area (Å²) in [7, 11) is 0. The molecule has 1 amide bonds. The van der Waals surface area contributed by atoms with Crippen LogP contribution >= 0.6 is 0 Å². The van der Waals surface area contributed by atoms with Crippen LogP contribution in [0.1, 0.15) is 12.0 Å². The molecule has 0 spiro atoms. The summed E-state index contributed by atoms with van der Waals surface area (Å²) in [4.78, 5) is 24.1. The standard InChI is InChI=1S/C13H13F2NO3/c14-10-2-1-8(5-11(10)15)6-12(17)16-4-3-9(7-16)13(18)19/h1-2,5,9H,3-4,6-7H2,(H,18,19). The summed E-state index contributed by atoms with van der Waals surface area (Å²) in [6.45, 7) is 0.567. The maximum atomic E-state index is 13.0. The Kier molecular flexibility index (Phi) is 3.78. The van der Waals surface area contributed by atoms with E-state index in [0.29, 0.717) is 18.5 Å². The Morgan fingerprint density at radius 1 is 1.32 bits per heavy atom. The van der Waals surface area contributed by atoms with Crippen LogP contribution in [0.2, 0.25) is 0 Å². The van der Waals surface area contributed by atoms with Crippen LogP contribution in [0.4, 0.5) is 8.78 Å². The Morgan fingerprint density at radius 3 is 2.63 bits per heavy atom. The molecular weight excluding hydrogens is 256 g/mol. The van der Waals surface area contributed by atoms with E-state index in [1.165, 1.54) is 11.0 Å². The Bertz CT molecular complexity index is 519. The van der Waals surface area contributed by atoms with E-state index in [4.69, 9.17) is 5.11 Å². The Morgan fingerprint density at radius 2 is 2.05 bits per heavy atom. The van der Waals surface area contributed by atoms with Crippen molar-refractivity contribution in [3.8, 4) is 0 Å². The quantitative estimate of drug-likeness (QED) is 0.903. The van der Waals surface area contributed by atoms with E-state index in [1.807, 2.05) is 0 Å². The minimum absolute atomic E-state index is 0.0520. The largest absolute Gasteiger partial charge is 0.481 e. The molecule has 2 rings (SSSR count). The maximum Gasteiger partial charge on any atom is 0.308 e. The van der Waals surface area contributed by atoms with Crippen LogP contribution in [0, 0.1) is 17.6 Å². The summed E-state index contributed by atoms with van der Waals surface area (Å²) in [5.74, 6) is -3.66. The highest BCUT2D eigenvalue weighted by Crippen LogP contribution is 2.18. The van der Waals surface area contributed by atoms with Crippen molar-refractivity contribution in [2.24, 2.45) is 5.92 Å². The highest BCUT2D eigenvalue weighted by atomic mass is 19.2. The number of rotatable bonds is 3. The third-order valence-corrected chi connectivity index (χ3v) is 3.23. The third kappa shape index (κ3) is 3.07. The van der Waals surface area contributed by atoms with Gasteiger partial charge in [0.1, 0.15) is 0 Å². The van der Waals surface area contributed by atoms with E-state index in [2.05, 4.69) is 0 Å². The SMILES string of the molecule is O=C(O)C1CCN(C(=O)Cc2ccc(F)c(F)c2)C1. The molecule has 1 aromatic carbocycles. The lowest BCUT2D eigenvalue weighted by molar-refractivity contribution is -0.141. The van der Waals surface area contributed by atoms with Gasteiger partial charge in [-0.2, -0.15) is 0 Å². The van der Waals surface area contributed by atoms with Crippen molar-refractivity contribution < 1.29 is 23.5 Å². The molecule has 1 aromatic rings. The number of carbonyl (C=O) groups is 2. The van der Waals surface area contributed by atoms with Gasteiger partial charge in [0.05, 0.1) is 12.3 Å². The van der Waals surface area contributed by atoms with Crippen molar-refractivity contribution in [3.05, 3.63) is 35.4 Å². The van der Waals surface area contributed by atoms with Gasteiger partial charge in [-0.05, 0) is 24.1 Å². The zero-order valence-electron chi connectivity index (χ0n) is 10.1. The summed E-state index contributed by atoms with van der Waals surface area (Å²) in [6.07, 6.45) is 0.377. The molecular formula is C13H13F2NO3. The summed E-state index contributed by atoms with van der Waals surface area (Å²) in [6, 6.07) is 3.31. The topological polar surface area (TPSA) is 57.6 Å². The number of halogens is 2. The number of benzene rings is 1. The fourth-order valence-electron chi connectivity index (χ4n) is 2.12. The van der Waals surface area contributed by atoms with Crippen LogP contribution in [0.3, 0.4) is 0 Å². The van der Waals surface area contributed by atoms with Crippen molar-refractivity contribution >= 4 is 11.9 Å². The first-order valence-corrected chi connectivity index (χ1v) is 5.92. The van der Waals surface area contributed by atoms with Crippen molar-refractivity contribution in [2.75, 3.05) is 13.1 Å². The molecule has 1 atom stereocenters. The van der Waals surface area contributed by atoms with Gasteiger partial charge < -0.3 is 10.0 Å². The van der Waals surface area contributed by atoms with Gasteiger partial charge in [0.25, 0.3) is 0 Å². The van der Waals surface area contributed by atoms with Gasteiger partial charge in [0, 0.05) is 13.1 Å². The number of nitrogens with zero attached hydrogens (tertiary/aromatic N) is 1. The molecule has 0 saturated carbocycles. The number of aliphatic carboxylic acids is 1. The van der Waals surface area contributed by atoms with Gasteiger partial charge in [-0.1, -0.05) is 6.07 Å². The van der Waals surface area contributed by atoms with Gasteiger partial charge in [0.2, 0.25) is 5.91 Å². The molecule has 0 radical (unpaired) electrons. The lowest BCUT2D eigenvalue weighted by Crippen LogP contribution is -2.31. The molecule has 1 fully saturated rings. The Labute approximate surface area is 108 Å². The normalized spacial score (nSPS) is 18.6. The van der Waals surface area contributed by atoms with Crippen LogP contribution in [0.25, 0.3) is 0 Å². The lowest BCUT2D eigenvalue weighted by atomic mass is 10.1. The first-order valence-electron chi connectivity index (χ1n) is 5.92. The molecule has 19 heavy (non-hydrogen) atoms. The summed E-state index contributed by atoms with van der Waals surface area (Å²) < 4.78 is 25.7. The smallest absolute Gasteiger partial charge is 0.308 e. The average molecular weight is 269 g/mol. The molecule has 102 valence electrons. The summed E-state index contributed by atoms with van der Waals surface area (Å²) in [5.41, 5.74) is 0.377. The van der Waals surface area contributed by atoms with Crippen molar-refractivity contribution in [1.29, 1.82) is 0 Å². The van der Waals surface area contributed by atoms with Crippen molar-refractivity contribution in [1.82, 2.24) is 4.90 Å². The highest BCUT2D eigenvalue weighted by molar-refractivity contribution is 5.80. The monoisotopic (exact) mass is 269 g/mol. The lowest BCUT2D eigenvalue weighted by Gasteiger charge is -2.15. The van der Waals surface area contributed by atoms with E-state index >= 15 is 0 Å². The van der Waals surface area contributed by atoms with Crippen LogP contribution in [-0.4, -0.2) is 35.0 Å². The molecule has 0 aliphatic carbocycles. The minimum Gasteiger partial charge on any atom is -0.481 e. The predicted octanol–water partition coefficient (Wildman–Crippen LogP) is 1.44. The Balaban J connectivity index is 1.98. The van der Waals surface area contributed by atoms with Crippen molar-refractivity contribution in [3.63, 3.8) is 0 Å². The maximum absolute atomic E-state index is 13.0. The molecule has 1 saturated heterocycles. The van der Waals surface area contributed by atoms with Crippen LogP contribution in [0.5, 0.6) is 0 Å². The molecule has 1 aliphatic heterocycles. The van der Waals surface area contributed by atoms with Gasteiger partial charge in [-0.15, -0.1) is 0 Å². The second kappa shape index (κ2) is 5.34. The zero-order chi connectivity index (χ0) is 14.0. The summed E-state index contributed by atoms with van der Waals surface area (Å²) in [5, 5.41) is 8.84. The first-order chi connectivity index (χ1) is 8.97. The molecule has 1 N–H and O–H groups in total. The number of amides is 1. The van der Waals surface area contributed by atoms with Gasteiger partial charge in [0.15, 0.2) is 11.6 Å².